The number of carbonyl (C=O) groups excluding carboxylic acids is 1. The highest BCUT2D eigenvalue weighted by Gasteiger charge is 2.48. The van der Waals surface area contributed by atoms with Crippen molar-refractivity contribution in [3.05, 3.63) is 77.6 Å². The van der Waals surface area contributed by atoms with E-state index in [0.717, 1.165) is 17.7 Å². The largest absolute Gasteiger partial charge is 0.455 e. The van der Waals surface area contributed by atoms with Gasteiger partial charge in [-0.3, -0.25) is 14.7 Å². The Balaban J connectivity index is 1.59. The van der Waals surface area contributed by atoms with Crippen molar-refractivity contribution in [2.45, 2.75) is 18.4 Å². The fourth-order valence-corrected chi connectivity index (χ4v) is 4.82. The summed E-state index contributed by atoms with van der Waals surface area (Å²) < 4.78 is 26.4. The number of aliphatic imine (C=N–C) groups is 1. The zero-order valence-electron chi connectivity index (χ0n) is 19.0. The van der Waals surface area contributed by atoms with Crippen LogP contribution in [0.5, 0.6) is 11.5 Å². The van der Waals surface area contributed by atoms with Crippen molar-refractivity contribution in [2.24, 2.45) is 10.7 Å². The molecule has 3 aromatic rings. The first-order valence-electron chi connectivity index (χ1n) is 11.3. The van der Waals surface area contributed by atoms with Gasteiger partial charge in [0.2, 0.25) is 11.9 Å². The van der Waals surface area contributed by atoms with E-state index in [2.05, 4.69) is 16.0 Å². The number of guanidine groups is 1. The number of hydrogen-bond acceptors (Lipinski definition) is 7. The molecule has 35 heavy (non-hydrogen) atoms. The highest BCUT2D eigenvalue weighted by atomic mass is 19.1. The number of nitrogens with zero attached hydrogens (tertiary/aromatic N) is 4. The van der Waals surface area contributed by atoms with Gasteiger partial charge in [0.25, 0.3) is 0 Å². The smallest absolute Gasteiger partial charge is 0.232 e. The Morgan fingerprint density at radius 2 is 2.00 bits per heavy atom. The van der Waals surface area contributed by atoms with Gasteiger partial charge in [-0.15, -0.1) is 0 Å². The molecule has 0 fully saturated rings. The van der Waals surface area contributed by atoms with Crippen molar-refractivity contribution in [1.82, 2.24) is 14.9 Å². The molecule has 2 aromatic heterocycles. The predicted octanol–water partition coefficient (Wildman–Crippen LogP) is 3.61. The third-order valence-electron chi connectivity index (χ3n) is 6.70. The lowest BCUT2D eigenvalue weighted by Crippen LogP contribution is -2.49. The second-order valence-electron chi connectivity index (χ2n) is 8.75. The quantitative estimate of drug-likeness (QED) is 0.573. The van der Waals surface area contributed by atoms with Crippen molar-refractivity contribution in [3.63, 3.8) is 0 Å². The number of fused-ring (bicyclic) bond motifs is 4. The fourth-order valence-electron chi connectivity index (χ4n) is 4.82. The summed E-state index contributed by atoms with van der Waals surface area (Å²) in [6.07, 6.45) is 5.98. The molecule has 5 heterocycles. The third kappa shape index (κ3) is 3.38. The summed E-state index contributed by atoms with van der Waals surface area (Å²) in [5, 5.41) is 0. The van der Waals surface area contributed by atoms with Crippen molar-refractivity contribution in [3.8, 4) is 22.6 Å². The molecule has 2 N–H and O–H groups in total. The summed E-state index contributed by atoms with van der Waals surface area (Å²) in [5.41, 5.74) is 9.01. The lowest BCUT2D eigenvalue weighted by atomic mass is 9.76. The molecule has 1 amide bonds. The molecule has 0 radical (unpaired) electrons. The van der Waals surface area contributed by atoms with Gasteiger partial charge in [-0.1, -0.05) is 12.1 Å². The first-order chi connectivity index (χ1) is 17.0. The average molecular weight is 471 g/mol. The molecular formula is C26H22FN5O3. The molecule has 1 unspecified atom stereocenters. The molecule has 1 aromatic carbocycles. The molecule has 1 atom stereocenters. The van der Waals surface area contributed by atoms with E-state index in [1.54, 1.807) is 43.6 Å². The van der Waals surface area contributed by atoms with Gasteiger partial charge in [-0.2, -0.15) is 4.39 Å². The number of nitrogens with two attached hydrogens (primary N) is 1. The monoisotopic (exact) mass is 471 g/mol. The highest BCUT2D eigenvalue weighted by molar-refractivity contribution is 6.00. The van der Waals surface area contributed by atoms with Crippen molar-refractivity contribution < 1.29 is 18.7 Å². The molecule has 176 valence electrons. The van der Waals surface area contributed by atoms with E-state index in [1.165, 1.54) is 11.1 Å². The Hall–Kier alpha value is -4.11. The van der Waals surface area contributed by atoms with E-state index in [0.29, 0.717) is 47.0 Å². The van der Waals surface area contributed by atoms with Crippen molar-refractivity contribution >= 4 is 17.4 Å². The van der Waals surface area contributed by atoms with Crippen molar-refractivity contribution in [2.75, 3.05) is 20.3 Å². The van der Waals surface area contributed by atoms with E-state index >= 15 is 0 Å². The van der Waals surface area contributed by atoms with Crippen LogP contribution in [-0.2, 0) is 15.1 Å². The van der Waals surface area contributed by atoms with Gasteiger partial charge in [0.1, 0.15) is 11.3 Å². The summed E-state index contributed by atoms with van der Waals surface area (Å²) in [4.78, 5) is 27.7. The average Bonchev–Trinajstić information content (AvgIpc) is 2.88. The maximum Gasteiger partial charge on any atom is 0.232 e. The van der Waals surface area contributed by atoms with Crippen LogP contribution in [-0.4, -0.2) is 47.0 Å². The van der Waals surface area contributed by atoms with E-state index in [-0.39, 0.29) is 18.3 Å². The van der Waals surface area contributed by atoms with Crippen LogP contribution in [0.25, 0.3) is 16.7 Å². The summed E-state index contributed by atoms with van der Waals surface area (Å²) in [6, 6.07) is 10.5. The first-order valence-corrected chi connectivity index (χ1v) is 11.3. The Labute approximate surface area is 200 Å². The van der Waals surface area contributed by atoms with Gasteiger partial charge >= 0.3 is 0 Å². The minimum atomic E-state index is -1.15. The van der Waals surface area contributed by atoms with Crippen LogP contribution in [0, 0.1) is 5.95 Å². The van der Waals surface area contributed by atoms with Gasteiger partial charge in [-0.05, 0) is 47.9 Å². The molecule has 9 heteroatoms. The Bertz CT molecular complexity index is 1440. The van der Waals surface area contributed by atoms with Crippen LogP contribution in [0.4, 0.5) is 4.39 Å². The minimum Gasteiger partial charge on any atom is -0.455 e. The molecule has 1 spiro atoms. The normalized spacial score (nSPS) is 21.1. The number of carbonyl (C=O) groups is 1. The maximum atomic E-state index is 14.5. The van der Waals surface area contributed by atoms with Gasteiger partial charge in [0.15, 0.2) is 11.7 Å². The molecule has 0 saturated heterocycles. The standard InChI is InChI=1S/C26H22FN5O3/c1-32-23(33)12-26(31-25(32)28)18-10-15(17-5-2-8-29-24(17)27)6-7-21(18)35-22-13-30-20(11-19(22)26)16-4-3-9-34-14-16/h2,4-8,10-11,13H,3,9,12,14H2,1H3,(H2,28,31). The number of halogens is 1. The summed E-state index contributed by atoms with van der Waals surface area (Å²) >= 11 is 0. The SMILES string of the molecule is CN1C(=O)CC2(N=C1N)c1cc(-c3cccnc3F)ccc1Oc1cnc(C3=CCCOC3)cc12. The Morgan fingerprint density at radius 1 is 1.14 bits per heavy atom. The molecule has 3 aliphatic rings. The van der Waals surface area contributed by atoms with E-state index in [4.69, 9.17) is 20.2 Å². The number of amides is 1. The van der Waals surface area contributed by atoms with Crippen LogP contribution in [0.1, 0.15) is 29.7 Å². The lowest BCUT2D eigenvalue weighted by molar-refractivity contribution is -0.128. The minimum absolute atomic E-state index is 0.0333. The van der Waals surface area contributed by atoms with E-state index in [1.807, 2.05) is 6.07 Å². The molecule has 8 nitrogen and oxygen atoms in total. The van der Waals surface area contributed by atoms with Crippen LogP contribution in [0.3, 0.4) is 0 Å². The summed E-state index contributed by atoms with van der Waals surface area (Å²) in [7, 11) is 1.60. The molecule has 6 rings (SSSR count). The third-order valence-corrected chi connectivity index (χ3v) is 6.70. The number of benzene rings is 1. The molecular weight excluding hydrogens is 449 g/mol. The second-order valence-corrected chi connectivity index (χ2v) is 8.75. The van der Waals surface area contributed by atoms with Crippen LogP contribution >= 0.6 is 0 Å². The van der Waals surface area contributed by atoms with E-state index < -0.39 is 11.5 Å². The molecule has 3 aliphatic heterocycles. The number of pyridine rings is 2. The van der Waals surface area contributed by atoms with Gasteiger partial charge in [0.05, 0.1) is 31.5 Å². The highest BCUT2D eigenvalue weighted by Crippen LogP contribution is 2.53. The lowest BCUT2D eigenvalue weighted by Gasteiger charge is -2.41. The van der Waals surface area contributed by atoms with Crippen molar-refractivity contribution in [1.29, 1.82) is 0 Å². The maximum absolute atomic E-state index is 14.5. The summed E-state index contributed by atoms with van der Waals surface area (Å²) in [5.74, 6) is 0.322. The van der Waals surface area contributed by atoms with Gasteiger partial charge in [0, 0.05) is 29.9 Å². The second kappa shape index (κ2) is 7.99. The zero-order chi connectivity index (χ0) is 24.2. The first kappa shape index (κ1) is 21.4. The topological polar surface area (TPSA) is 103 Å². The fraction of sp³-hybridized carbons (Fsp3) is 0.231. The number of hydrogen-bond donors (Lipinski definition) is 1. The molecule has 0 saturated carbocycles. The number of rotatable bonds is 2. The van der Waals surface area contributed by atoms with Gasteiger partial charge in [-0.25, -0.2) is 9.98 Å². The summed E-state index contributed by atoms with van der Waals surface area (Å²) in [6.45, 7) is 1.12. The van der Waals surface area contributed by atoms with Crippen LogP contribution < -0.4 is 10.5 Å². The number of aromatic nitrogens is 2. The zero-order valence-corrected chi connectivity index (χ0v) is 19.0. The molecule has 0 bridgehead atoms. The van der Waals surface area contributed by atoms with Gasteiger partial charge < -0.3 is 15.2 Å². The van der Waals surface area contributed by atoms with Crippen LogP contribution in [0.2, 0.25) is 0 Å². The Morgan fingerprint density at radius 3 is 2.77 bits per heavy atom. The van der Waals surface area contributed by atoms with E-state index in [9.17, 15) is 9.18 Å². The van der Waals surface area contributed by atoms with Crippen LogP contribution in [0.15, 0.2) is 59.9 Å². The Kier molecular flexibility index (Phi) is 4.89. The predicted molar refractivity (Wildman–Crippen MR) is 127 cm³/mol. The molecule has 0 aliphatic carbocycles. The number of ether oxygens (including phenoxy) is 2.